The van der Waals surface area contributed by atoms with Crippen LogP contribution in [0.2, 0.25) is 5.15 Å². The van der Waals surface area contributed by atoms with Gasteiger partial charge in [0.2, 0.25) is 5.91 Å². The molecule has 1 aliphatic carbocycles. The predicted octanol–water partition coefficient (Wildman–Crippen LogP) is 3.64. The third-order valence-corrected chi connectivity index (χ3v) is 3.91. The van der Waals surface area contributed by atoms with Crippen molar-refractivity contribution in [3.63, 3.8) is 0 Å². The highest BCUT2D eigenvalue weighted by Gasteiger charge is 2.39. The van der Waals surface area contributed by atoms with Gasteiger partial charge >= 0.3 is 0 Å². The van der Waals surface area contributed by atoms with Crippen LogP contribution >= 0.6 is 11.6 Å². The SMILES string of the molecule is CCC1(C(=O)Nc2ccnc(Cl)c2)CCCC1. The summed E-state index contributed by atoms with van der Waals surface area (Å²) in [5.74, 6) is 0.125. The number of nitrogens with one attached hydrogen (secondary N) is 1. The van der Waals surface area contributed by atoms with E-state index in [-0.39, 0.29) is 11.3 Å². The number of halogens is 1. The van der Waals surface area contributed by atoms with Gasteiger partial charge in [0.25, 0.3) is 0 Å². The molecule has 0 aliphatic heterocycles. The molecule has 0 radical (unpaired) electrons. The molecule has 1 aromatic rings. The van der Waals surface area contributed by atoms with Crippen LogP contribution in [0.5, 0.6) is 0 Å². The lowest BCUT2D eigenvalue weighted by atomic mass is 9.82. The van der Waals surface area contributed by atoms with Gasteiger partial charge < -0.3 is 5.32 Å². The molecule has 0 atom stereocenters. The molecule has 0 aromatic carbocycles. The van der Waals surface area contributed by atoms with Crippen molar-refractivity contribution in [2.24, 2.45) is 5.41 Å². The molecule has 3 nitrogen and oxygen atoms in total. The fourth-order valence-electron chi connectivity index (χ4n) is 2.54. The fourth-order valence-corrected chi connectivity index (χ4v) is 2.71. The smallest absolute Gasteiger partial charge is 0.230 e. The molecular weight excluding hydrogens is 236 g/mol. The van der Waals surface area contributed by atoms with Crippen LogP contribution in [0, 0.1) is 5.41 Å². The molecule has 1 amide bonds. The van der Waals surface area contributed by atoms with Gasteiger partial charge in [0, 0.05) is 17.3 Å². The van der Waals surface area contributed by atoms with Gasteiger partial charge in [0.1, 0.15) is 5.15 Å². The van der Waals surface area contributed by atoms with Gasteiger partial charge in [-0.3, -0.25) is 4.79 Å². The van der Waals surface area contributed by atoms with Crippen LogP contribution < -0.4 is 5.32 Å². The summed E-state index contributed by atoms with van der Waals surface area (Å²) in [6, 6.07) is 3.44. The highest BCUT2D eigenvalue weighted by atomic mass is 35.5. The lowest BCUT2D eigenvalue weighted by molar-refractivity contribution is -0.125. The summed E-state index contributed by atoms with van der Waals surface area (Å²) in [6.07, 6.45) is 6.79. The van der Waals surface area contributed by atoms with Gasteiger partial charge in [-0.05, 0) is 31.4 Å². The molecular formula is C13H17ClN2O. The van der Waals surface area contributed by atoms with Crippen molar-refractivity contribution in [2.45, 2.75) is 39.0 Å². The van der Waals surface area contributed by atoms with E-state index >= 15 is 0 Å². The third-order valence-electron chi connectivity index (χ3n) is 3.70. The van der Waals surface area contributed by atoms with E-state index in [1.165, 1.54) is 0 Å². The summed E-state index contributed by atoms with van der Waals surface area (Å²) in [5, 5.41) is 3.36. The second-order valence-corrected chi connectivity index (χ2v) is 5.05. The van der Waals surface area contributed by atoms with Crippen molar-refractivity contribution < 1.29 is 4.79 Å². The lowest BCUT2D eigenvalue weighted by Gasteiger charge is -2.25. The Morgan fingerprint density at radius 1 is 1.53 bits per heavy atom. The Balaban J connectivity index is 2.10. The van der Waals surface area contributed by atoms with Crippen molar-refractivity contribution in [1.82, 2.24) is 4.98 Å². The zero-order valence-corrected chi connectivity index (χ0v) is 10.8. The molecule has 1 N–H and O–H groups in total. The number of pyridine rings is 1. The average molecular weight is 253 g/mol. The van der Waals surface area contributed by atoms with E-state index in [4.69, 9.17) is 11.6 Å². The van der Waals surface area contributed by atoms with Crippen molar-refractivity contribution in [1.29, 1.82) is 0 Å². The average Bonchev–Trinajstić information content (AvgIpc) is 2.78. The van der Waals surface area contributed by atoms with E-state index in [1.54, 1.807) is 18.3 Å². The van der Waals surface area contributed by atoms with Gasteiger partial charge in [-0.25, -0.2) is 4.98 Å². The largest absolute Gasteiger partial charge is 0.325 e. The highest BCUT2D eigenvalue weighted by Crippen LogP contribution is 2.41. The summed E-state index contributed by atoms with van der Waals surface area (Å²) in [4.78, 5) is 16.2. The maximum Gasteiger partial charge on any atom is 0.230 e. The van der Waals surface area contributed by atoms with E-state index in [9.17, 15) is 4.79 Å². The van der Waals surface area contributed by atoms with Crippen LogP contribution in [-0.2, 0) is 4.79 Å². The molecule has 2 rings (SSSR count). The Morgan fingerprint density at radius 3 is 2.82 bits per heavy atom. The Kier molecular flexibility index (Phi) is 3.67. The minimum atomic E-state index is -0.171. The Hall–Kier alpha value is -1.09. The zero-order chi connectivity index (χ0) is 12.3. The molecule has 0 saturated heterocycles. The molecule has 17 heavy (non-hydrogen) atoms. The van der Waals surface area contributed by atoms with Crippen molar-refractivity contribution in [2.75, 3.05) is 5.32 Å². The number of rotatable bonds is 3. The zero-order valence-electron chi connectivity index (χ0n) is 10.0. The van der Waals surface area contributed by atoms with Crippen LogP contribution in [0.25, 0.3) is 0 Å². The molecule has 0 spiro atoms. The van der Waals surface area contributed by atoms with Gasteiger partial charge in [-0.15, -0.1) is 0 Å². The lowest BCUT2D eigenvalue weighted by Crippen LogP contribution is -2.33. The predicted molar refractivity (Wildman–Crippen MR) is 69.1 cm³/mol. The van der Waals surface area contributed by atoms with Crippen molar-refractivity contribution in [3.05, 3.63) is 23.5 Å². The van der Waals surface area contributed by atoms with Gasteiger partial charge in [0.15, 0.2) is 0 Å². The number of carbonyl (C=O) groups excluding carboxylic acids is 1. The number of anilines is 1. The standard InChI is InChI=1S/C13H17ClN2O/c1-2-13(6-3-4-7-13)12(17)16-10-5-8-15-11(14)9-10/h5,8-9H,2-4,6-7H2,1H3,(H,15,16,17). The summed E-state index contributed by atoms with van der Waals surface area (Å²) in [5.41, 5.74) is 0.560. The van der Waals surface area contributed by atoms with Crippen LogP contribution in [0.3, 0.4) is 0 Å². The third kappa shape index (κ3) is 2.60. The molecule has 92 valence electrons. The highest BCUT2D eigenvalue weighted by molar-refractivity contribution is 6.29. The maximum atomic E-state index is 12.3. The molecule has 0 unspecified atom stereocenters. The van der Waals surface area contributed by atoms with Crippen LogP contribution in [0.1, 0.15) is 39.0 Å². The second-order valence-electron chi connectivity index (χ2n) is 4.66. The topological polar surface area (TPSA) is 42.0 Å². The first-order valence-corrected chi connectivity index (χ1v) is 6.47. The van der Waals surface area contributed by atoms with E-state index in [0.717, 1.165) is 37.8 Å². The molecule has 1 fully saturated rings. The number of aromatic nitrogens is 1. The number of hydrogen-bond donors (Lipinski definition) is 1. The van der Waals surface area contributed by atoms with Gasteiger partial charge in [-0.1, -0.05) is 31.4 Å². The summed E-state index contributed by atoms with van der Waals surface area (Å²) < 4.78 is 0. The molecule has 1 aliphatic rings. The summed E-state index contributed by atoms with van der Waals surface area (Å²) >= 11 is 5.79. The number of carbonyl (C=O) groups is 1. The molecule has 0 bridgehead atoms. The first-order valence-electron chi connectivity index (χ1n) is 6.09. The van der Waals surface area contributed by atoms with Gasteiger partial charge in [-0.2, -0.15) is 0 Å². The Labute approximate surface area is 107 Å². The van der Waals surface area contributed by atoms with Crippen molar-refractivity contribution >= 4 is 23.2 Å². The minimum absolute atomic E-state index is 0.125. The molecule has 4 heteroatoms. The first-order chi connectivity index (χ1) is 8.16. The van der Waals surface area contributed by atoms with E-state index in [0.29, 0.717) is 5.15 Å². The minimum Gasteiger partial charge on any atom is -0.325 e. The van der Waals surface area contributed by atoms with E-state index in [1.807, 2.05) is 0 Å². The number of nitrogens with zero attached hydrogens (tertiary/aromatic N) is 1. The second kappa shape index (κ2) is 5.05. The van der Waals surface area contributed by atoms with Gasteiger partial charge in [0.05, 0.1) is 0 Å². The van der Waals surface area contributed by atoms with Crippen LogP contribution in [0.4, 0.5) is 5.69 Å². The molecule has 1 heterocycles. The van der Waals surface area contributed by atoms with E-state index < -0.39 is 0 Å². The molecule has 1 aromatic heterocycles. The van der Waals surface area contributed by atoms with Crippen molar-refractivity contribution in [3.8, 4) is 0 Å². The summed E-state index contributed by atoms with van der Waals surface area (Å²) in [6.45, 7) is 2.09. The van der Waals surface area contributed by atoms with Crippen LogP contribution in [-0.4, -0.2) is 10.9 Å². The number of hydrogen-bond acceptors (Lipinski definition) is 2. The normalized spacial score (nSPS) is 18.0. The molecule has 1 saturated carbocycles. The monoisotopic (exact) mass is 252 g/mol. The Morgan fingerprint density at radius 2 is 2.24 bits per heavy atom. The Bertz CT molecular complexity index is 414. The quantitative estimate of drug-likeness (QED) is 0.835. The van der Waals surface area contributed by atoms with E-state index in [2.05, 4.69) is 17.2 Å². The maximum absolute atomic E-state index is 12.3. The first kappa shape index (κ1) is 12.4. The number of amides is 1. The fraction of sp³-hybridized carbons (Fsp3) is 0.538. The van der Waals surface area contributed by atoms with Crippen LogP contribution in [0.15, 0.2) is 18.3 Å². The summed E-state index contributed by atoms with van der Waals surface area (Å²) in [7, 11) is 0.